The van der Waals surface area contributed by atoms with Crippen LogP contribution in [0.5, 0.6) is 5.75 Å². The smallest absolute Gasteiger partial charge is 0.217 e. The molecule has 104 valence electrons. The standard InChI is InChI=1S/C15H15NO3S/c1-12(13-6-8-14(19-2)9-7-13)11-20(17,18)15-5-3-4-10-16-15/h3-11H,1-2H3/b12-11+. The summed E-state index contributed by atoms with van der Waals surface area (Å²) in [5.41, 5.74) is 1.48. The Hall–Kier alpha value is -2.14. The number of methoxy groups -OCH3 is 1. The Balaban J connectivity index is 2.34. The summed E-state index contributed by atoms with van der Waals surface area (Å²) in [5.74, 6) is 0.731. The molecule has 0 amide bonds. The minimum absolute atomic E-state index is 0.0489. The van der Waals surface area contributed by atoms with Crippen LogP contribution in [-0.2, 0) is 9.84 Å². The Morgan fingerprint density at radius 3 is 2.40 bits per heavy atom. The van der Waals surface area contributed by atoms with Gasteiger partial charge in [-0.3, -0.25) is 0 Å². The van der Waals surface area contributed by atoms with Gasteiger partial charge in [0.1, 0.15) is 5.75 Å². The van der Waals surface area contributed by atoms with Gasteiger partial charge in [-0.1, -0.05) is 18.2 Å². The number of rotatable bonds is 4. The average molecular weight is 289 g/mol. The summed E-state index contributed by atoms with van der Waals surface area (Å²) >= 11 is 0. The van der Waals surface area contributed by atoms with Crippen LogP contribution in [0.3, 0.4) is 0 Å². The molecule has 1 heterocycles. The summed E-state index contributed by atoms with van der Waals surface area (Å²) in [6.07, 6.45) is 1.46. The van der Waals surface area contributed by atoms with Crippen molar-refractivity contribution in [1.29, 1.82) is 0 Å². The van der Waals surface area contributed by atoms with Crippen LogP contribution < -0.4 is 4.74 Å². The van der Waals surface area contributed by atoms with Crippen LogP contribution in [0.15, 0.2) is 59.1 Å². The quantitative estimate of drug-likeness (QED) is 0.868. The second kappa shape index (κ2) is 5.88. The lowest BCUT2D eigenvalue weighted by molar-refractivity contribution is 0.415. The molecule has 0 atom stereocenters. The Labute approximate surface area is 118 Å². The molecule has 4 nitrogen and oxygen atoms in total. The van der Waals surface area contributed by atoms with E-state index in [1.54, 1.807) is 38.3 Å². The summed E-state index contributed by atoms with van der Waals surface area (Å²) in [6.45, 7) is 1.75. The first kappa shape index (κ1) is 14.3. The van der Waals surface area contributed by atoms with Gasteiger partial charge in [0.2, 0.25) is 9.84 Å². The Bertz CT molecular complexity index is 705. The highest BCUT2D eigenvalue weighted by atomic mass is 32.2. The van der Waals surface area contributed by atoms with Gasteiger partial charge in [-0.05, 0) is 42.3 Å². The summed E-state index contributed by atoms with van der Waals surface area (Å²) < 4.78 is 29.4. The molecule has 0 fully saturated rings. The minimum atomic E-state index is -3.53. The van der Waals surface area contributed by atoms with Crippen LogP contribution >= 0.6 is 0 Å². The zero-order valence-corrected chi connectivity index (χ0v) is 12.1. The van der Waals surface area contributed by atoms with Crippen molar-refractivity contribution in [3.05, 3.63) is 59.6 Å². The molecule has 0 spiro atoms. The SMILES string of the molecule is COc1ccc(/C(C)=C/S(=O)(=O)c2ccccn2)cc1. The Morgan fingerprint density at radius 1 is 1.15 bits per heavy atom. The first-order chi connectivity index (χ1) is 9.53. The van der Waals surface area contributed by atoms with Crippen LogP contribution in [-0.4, -0.2) is 20.5 Å². The third-order valence-corrected chi connectivity index (χ3v) is 4.29. The van der Waals surface area contributed by atoms with Gasteiger partial charge in [0.15, 0.2) is 5.03 Å². The summed E-state index contributed by atoms with van der Waals surface area (Å²) in [7, 11) is -1.94. The third-order valence-electron chi connectivity index (χ3n) is 2.81. The number of ether oxygens (including phenoxy) is 1. The fourth-order valence-corrected chi connectivity index (χ4v) is 2.93. The number of benzene rings is 1. The zero-order chi connectivity index (χ0) is 14.6. The Kier molecular flexibility index (Phi) is 4.20. The van der Waals surface area contributed by atoms with Crippen molar-refractivity contribution in [3.8, 4) is 5.75 Å². The fraction of sp³-hybridized carbons (Fsp3) is 0.133. The van der Waals surface area contributed by atoms with Gasteiger partial charge in [-0.2, -0.15) is 0 Å². The lowest BCUT2D eigenvalue weighted by Gasteiger charge is -2.04. The van der Waals surface area contributed by atoms with Crippen molar-refractivity contribution < 1.29 is 13.2 Å². The summed E-state index contributed by atoms with van der Waals surface area (Å²) in [5, 5.41) is 1.28. The van der Waals surface area contributed by atoms with E-state index in [1.807, 2.05) is 12.1 Å². The Morgan fingerprint density at radius 2 is 1.85 bits per heavy atom. The maximum Gasteiger partial charge on any atom is 0.217 e. The fourth-order valence-electron chi connectivity index (χ4n) is 1.73. The zero-order valence-electron chi connectivity index (χ0n) is 11.3. The van der Waals surface area contributed by atoms with Crippen LogP contribution in [0.2, 0.25) is 0 Å². The molecule has 1 aromatic heterocycles. The molecule has 0 radical (unpaired) electrons. The van der Waals surface area contributed by atoms with E-state index in [0.717, 1.165) is 11.3 Å². The minimum Gasteiger partial charge on any atom is -0.497 e. The molecule has 0 unspecified atom stereocenters. The van der Waals surface area contributed by atoms with E-state index < -0.39 is 9.84 Å². The molecule has 0 N–H and O–H groups in total. The number of allylic oxidation sites excluding steroid dienone is 1. The second-order valence-electron chi connectivity index (χ2n) is 4.24. The maximum atomic E-state index is 12.2. The molecule has 0 saturated carbocycles. The number of nitrogens with zero attached hydrogens (tertiary/aromatic N) is 1. The van der Waals surface area contributed by atoms with Crippen molar-refractivity contribution in [3.63, 3.8) is 0 Å². The van der Waals surface area contributed by atoms with E-state index in [9.17, 15) is 8.42 Å². The molecule has 2 rings (SSSR count). The molecule has 0 aliphatic carbocycles. The number of aromatic nitrogens is 1. The van der Waals surface area contributed by atoms with Gasteiger partial charge in [0.05, 0.1) is 7.11 Å². The van der Waals surface area contributed by atoms with E-state index in [4.69, 9.17) is 4.74 Å². The van der Waals surface area contributed by atoms with Crippen LogP contribution in [0.1, 0.15) is 12.5 Å². The molecule has 0 aliphatic heterocycles. The lowest BCUT2D eigenvalue weighted by atomic mass is 10.1. The highest BCUT2D eigenvalue weighted by Crippen LogP contribution is 2.21. The highest BCUT2D eigenvalue weighted by Gasteiger charge is 2.13. The van der Waals surface area contributed by atoms with Crippen LogP contribution in [0.4, 0.5) is 0 Å². The molecule has 0 saturated heterocycles. The molecule has 20 heavy (non-hydrogen) atoms. The first-order valence-electron chi connectivity index (χ1n) is 6.02. The largest absolute Gasteiger partial charge is 0.497 e. The van der Waals surface area contributed by atoms with Gasteiger partial charge >= 0.3 is 0 Å². The van der Waals surface area contributed by atoms with Crippen molar-refractivity contribution in [2.45, 2.75) is 11.9 Å². The predicted molar refractivity (Wildman–Crippen MR) is 78.1 cm³/mol. The van der Waals surface area contributed by atoms with Crippen LogP contribution in [0, 0.1) is 0 Å². The molecule has 1 aromatic carbocycles. The van der Waals surface area contributed by atoms with Crippen molar-refractivity contribution in [2.75, 3.05) is 7.11 Å². The summed E-state index contributed by atoms with van der Waals surface area (Å²) in [4.78, 5) is 3.87. The number of sulfone groups is 1. The van der Waals surface area contributed by atoms with E-state index in [1.165, 1.54) is 17.7 Å². The topological polar surface area (TPSA) is 56.3 Å². The molecule has 2 aromatic rings. The number of pyridine rings is 1. The van der Waals surface area contributed by atoms with Crippen molar-refractivity contribution >= 4 is 15.4 Å². The molecule has 5 heteroatoms. The molecular formula is C15H15NO3S. The van der Waals surface area contributed by atoms with Gasteiger partial charge in [-0.15, -0.1) is 0 Å². The maximum absolute atomic E-state index is 12.2. The van der Waals surface area contributed by atoms with Gasteiger partial charge in [0, 0.05) is 11.6 Å². The van der Waals surface area contributed by atoms with E-state index in [0.29, 0.717) is 5.57 Å². The summed E-state index contributed by atoms with van der Waals surface area (Å²) in [6, 6.07) is 12.0. The predicted octanol–water partition coefficient (Wildman–Crippen LogP) is 2.92. The first-order valence-corrected chi connectivity index (χ1v) is 7.56. The van der Waals surface area contributed by atoms with Crippen molar-refractivity contribution in [2.24, 2.45) is 0 Å². The van der Waals surface area contributed by atoms with Crippen molar-refractivity contribution in [1.82, 2.24) is 4.98 Å². The lowest BCUT2D eigenvalue weighted by Crippen LogP contribution is -1.99. The van der Waals surface area contributed by atoms with E-state index in [2.05, 4.69) is 4.98 Å². The second-order valence-corrected chi connectivity index (χ2v) is 5.99. The van der Waals surface area contributed by atoms with Crippen LogP contribution in [0.25, 0.3) is 5.57 Å². The average Bonchev–Trinajstić information content (AvgIpc) is 2.48. The molecule has 0 bridgehead atoms. The van der Waals surface area contributed by atoms with Gasteiger partial charge < -0.3 is 4.74 Å². The normalized spacial score (nSPS) is 12.2. The van der Waals surface area contributed by atoms with Gasteiger partial charge in [0.25, 0.3) is 0 Å². The monoisotopic (exact) mass is 289 g/mol. The molecule has 0 aliphatic rings. The van der Waals surface area contributed by atoms with E-state index >= 15 is 0 Å². The third kappa shape index (κ3) is 3.24. The number of hydrogen-bond acceptors (Lipinski definition) is 4. The highest BCUT2D eigenvalue weighted by molar-refractivity contribution is 7.94. The van der Waals surface area contributed by atoms with Gasteiger partial charge in [-0.25, -0.2) is 13.4 Å². The molecular weight excluding hydrogens is 274 g/mol. The van der Waals surface area contributed by atoms with E-state index in [-0.39, 0.29) is 5.03 Å². The number of hydrogen-bond donors (Lipinski definition) is 0.